The predicted octanol–water partition coefficient (Wildman–Crippen LogP) is 3.02. The van der Waals surface area contributed by atoms with E-state index in [1.165, 1.54) is 6.20 Å². The molecular weight excluding hydrogens is 269 g/mol. The maximum Gasteiger partial charge on any atom is 0.435 e. The molecule has 0 saturated heterocycles. The lowest BCUT2D eigenvalue weighted by Gasteiger charge is -2.08. The van der Waals surface area contributed by atoms with Gasteiger partial charge in [0.1, 0.15) is 0 Å². The van der Waals surface area contributed by atoms with Crippen LogP contribution < -0.4 is 5.73 Å². The van der Waals surface area contributed by atoms with Crippen molar-refractivity contribution in [1.29, 1.82) is 0 Å². The number of hydrogen-bond donors (Lipinski definition) is 1. The van der Waals surface area contributed by atoms with Gasteiger partial charge in [0, 0.05) is 17.8 Å². The number of fused-ring (bicyclic) bond motifs is 1. The van der Waals surface area contributed by atoms with Crippen LogP contribution in [0.25, 0.3) is 16.6 Å². The third kappa shape index (κ3) is 1.97. The zero-order chi connectivity index (χ0) is 14.3. The van der Waals surface area contributed by atoms with E-state index in [9.17, 15) is 13.2 Å². The monoisotopic (exact) mass is 278 g/mol. The number of alkyl halides is 3. The van der Waals surface area contributed by atoms with Crippen LogP contribution in [0, 0.1) is 0 Å². The molecule has 102 valence electrons. The molecule has 0 aliphatic rings. The highest BCUT2D eigenvalue weighted by Gasteiger charge is 2.33. The molecule has 1 aromatic carbocycles. The molecule has 4 nitrogen and oxygen atoms in total. The summed E-state index contributed by atoms with van der Waals surface area (Å²) in [5.74, 6) is 0. The Hall–Kier alpha value is -2.57. The van der Waals surface area contributed by atoms with Gasteiger partial charge in [-0.1, -0.05) is 0 Å². The first-order valence-electron chi connectivity index (χ1n) is 5.73. The second-order valence-electron chi connectivity index (χ2n) is 4.21. The van der Waals surface area contributed by atoms with Crippen molar-refractivity contribution < 1.29 is 13.2 Å². The molecule has 0 bridgehead atoms. The first kappa shape index (κ1) is 12.5. The number of nitrogens with two attached hydrogens (primary N) is 1. The van der Waals surface area contributed by atoms with E-state index in [-0.39, 0.29) is 0 Å². The first-order chi connectivity index (χ1) is 9.47. The molecular formula is C13H9F3N4. The van der Waals surface area contributed by atoms with Gasteiger partial charge in [0.05, 0.1) is 16.9 Å². The number of nitrogens with zero attached hydrogens (tertiary/aromatic N) is 3. The van der Waals surface area contributed by atoms with Gasteiger partial charge < -0.3 is 5.73 Å². The quantitative estimate of drug-likeness (QED) is 0.696. The predicted molar refractivity (Wildman–Crippen MR) is 68.3 cm³/mol. The fourth-order valence-corrected chi connectivity index (χ4v) is 1.97. The normalized spacial score (nSPS) is 11.9. The Morgan fingerprint density at radius 3 is 2.60 bits per heavy atom. The van der Waals surface area contributed by atoms with E-state index in [1.807, 2.05) is 0 Å². The van der Waals surface area contributed by atoms with Gasteiger partial charge in [-0.15, -0.1) is 0 Å². The van der Waals surface area contributed by atoms with Crippen LogP contribution in [-0.2, 0) is 6.18 Å². The molecule has 0 aliphatic heterocycles. The van der Waals surface area contributed by atoms with Crippen molar-refractivity contribution in [2.45, 2.75) is 6.18 Å². The molecule has 2 heterocycles. The van der Waals surface area contributed by atoms with Crippen molar-refractivity contribution in [3.63, 3.8) is 0 Å². The standard InChI is InChI=1S/C13H9F3N4/c14-13(15,16)11-5-7-20(19-11)10-4-3-9-8(12(10)17)2-1-6-18-9/h1-7H,17H2. The number of anilines is 1. The minimum absolute atomic E-state index is 0.340. The molecule has 7 heteroatoms. The minimum atomic E-state index is -4.47. The maximum atomic E-state index is 12.6. The van der Waals surface area contributed by atoms with Crippen LogP contribution in [-0.4, -0.2) is 14.8 Å². The molecule has 3 rings (SSSR count). The smallest absolute Gasteiger partial charge is 0.396 e. The van der Waals surface area contributed by atoms with E-state index in [0.29, 0.717) is 22.3 Å². The van der Waals surface area contributed by atoms with Gasteiger partial charge in [-0.05, 0) is 30.3 Å². The van der Waals surface area contributed by atoms with Gasteiger partial charge in [0.2, 0.25) is 0 Å². The molecule has 0 amide bonds. The minimum Gasteiger partial charge on any atom is -0.396 e. The lowest BCUT2D eigenvalue weighted by Crippen LogP contribution is -2.08. The van der Waals surface area contributed by atoms with Gasteiger partial charge in [-0.2, -0.15) is 18.3 Å². The van der Waals surface area contributed by atoms with Crippen LogP contribution in [0.2, 0.25) is 0 Å². The van der Waals surface area contributed by atoms with E-state index >= 15 is 0 Å². The van der Waals surface area contributed by atoms with Crippen LogP contribution in [0.1, 0.15) is 5.69 Å². The molecule has 0 aliphatic carbocycles. The Morgan fingerprint density at radius 1 is 1.10 bits per heavy atom. The maximum absolute atomic E-state index is 12.6. The van der Waals surface area contributed by atoms with E-state index in [1.54, 1.807) is 30.5 Å². The Morgan fingerprint density at radius 2 is 1.90 bits per heavy atom. The lowest BCUT2D eigenvalue weighted by molar-refractivity contribution is -0.141. The van der Waals surface area contributed by atoms with Crippen molar-refractivity contribution in [2.24, 2.45) is 0 Å². The second kappa shape index (κ2) is 4.22. The summed E-state index contributed by atoms with van der Waals surface area (Å²) in [5, 5.41) is 4.19. The SMILES string of the molecule is Nc1c(-n2ccc(C(F)(F)F)n2)ccc2ncccc12. The molecule has 20 heavy (non-hydrogen) atoms. The molecule has 0 atom stereocenters. The van der Waals surface area contributed by atoms with Gasteiger partial charge in [-0.25, -0.2) is 4.68 Å². The number of nitrogen functional groups attached to an aromatic ring is 1. The summed E-state index contributed by atoms with van der Waals surface area (Å²) in [6.07, 6.45) is -1.62. The molecule has 0 saturated carbocycles. The fraction of sp³-hybridized carbons (Fsp3) is 0.0769. The molecule has 2 aromatic heterocycles. The Bertz CT molecular complexity index is 777. The molecule has 3 aromatic rings. The van der Waals surface area contributed by atoms with Crippen molar-refractivity contribution in [1.82, 2.24) is 14.8 Å². The van der Waals surface area contributed by atoms with Crippen molar-refractivity contribution in [3.05, 3.63) is 48.4 Å². The summed E-state index contributed by atoms with van der Waals surface area (Å²) in [6.45, 7) is 0. The zero-order valence-corrected chi connectivity index (χ0v) is 10.1. The summed E-state index contributed by atoms with van der Waals surface area (Å²) in [5.41, 5.74) is 6.44. The van der Waals surface area contributed by atoms with Crippen molar-refractivity contribution >= 4 is 16.6 Å². The summed E-state index contributed by atoms with van der Waals surface area (Å²) in [4.78, 5) is 4.13. The van der Waals surface area contributed by atoms with Gasteiger partial charge in [-0.3, -0.25) is 4.98 Å². The highest BCUT2D eigenvalue weighted by molar-refractivity contribution is 5.94. The molecule has 0 unspecified atom stereocenters. The lowest BCUT2D eigenvalue weighted by atomic mass is 10.1. The molecule has 0 fully saturated rings. The average molecular weight is 278 g/mol. The summed E-state index contributed by atoms with van der Waals surface area (Å²) >= 11 is 0. The summed E-state index contributed by atoms with van der Waals surface area (Å²) in [6, 6.07) is 7.67. The van der Waals surface area contributed by atoms with Crippen LogP contribution >= 0.6 is 0 Å². The van der Waals surface area contributed by atoms with Crippen molar-refractivity contribution in [2.75, 3.05) is 5.73 Å². The first-order valence-corrected chi connectivity index (χ1v) is 5.73. The number of pyridine rings is 1. The Labute approximate surface area is 111 Å². The highest BCUT2D eigenvalue weighted by atomic mass is 19.4. The fourth-order valence-electron chi connectivity index (χ4n) is 1.97. The van der Waals surface area contributed by atoms with E-state index in [4.69, 9.17) is 5.73 Å². The van der Waals surface area contributed by atoms with Gasteiger partial charge in [0.15, 0.2) is 5.69 Å². The highest BCUT2D eigenvalue weighted by Crippen LogP contribution is 2.30. The topological polar surface area (TPSA) is 56.7 Å². The summed E-state index contributed by atoms with van der Waals surface area (Å²) in [7, 11) is 0. The van der Waals surface area contributed by atoms with E-state index in [0.717, 1.165) is 10.7 Å². The number of aromatic nitrogens is 3. The average Bonchev–Trinajstić information content (AvgIpc) is 2.89. The largest absolute Gasteiger partial charge is 0.435 e. The third-order valence-electron chi connectivity index (χ3n) is 2.93. The van der Waals surface area contributed by atoms with Gasteiger partial charge >= 0.3 is 6.18 Å². The van der Waals surface area contributed by atoms with Gasteiger partial charge in [0.25, 0.3) is 0 Å². The number of benzene rings is 1. The second-order valence-corrected chi connectivity index (χ2v) is 4.21. The third-order valence-corrected chi connectivity index (χ3v) is 2.93. The Balaban J connectivity index is 2.15. The van der Waals surface area contributed by atoms with E-state index in [2.05, 4.69) is 10.1 Å². The number of halogens is 3. The number of rotatable bonds is 1. The molecule has 0 spiro atoms. The van der Waals surface area contributed by atoms with Crippen LogP contribution in [0.15, 0.2) is 42.7 Å². The summed E-state index contributed by atoms with van der Waals surface area (Å²) < 4.78 is 38.8. The van der Waals surface area contributed by atoms with Crippen LogP contribution in [0.4, 0.5) is 18.9 Å². The molecule has 2 N–H and O–H groups in total. The van der Waals surface area contributed by atoms with Crippen LogP contribution in [0.5, 0.6) is 0 Å². The van der Waals surface area contributed by atoms with E-state index < -0.39 is 11.9 Å². The van der Waals surface area contributed by atoms with Crippen LogP contribution in [0.3, 0.4) is 0 Å². The zero-order valence-electron chi connectivity index (χ0n) is 10.1. The Kier molecular flexibility index (Phi) is 2.63. The number of hydrogen-bond acceptors (Lipinski definition) is 3. The van der Waals surface area contributed by atoms with Crippen molar-refractivity contribution in [3.8, 4) is 5.69 Å². The molecule has 0 radical (unpaired) electrons.